The van der Waals surface area contributed by atoms with Crippen molar-refractivity contribution >= 4 is 29.2 Å². The Kier molecular flexibility index (Phi) is 3.75. The summed E-state index contributed by atoms with van der Waals surface area (Å²) in [5.41, 5.74) is 2.45. The van der Waals surface area contributed by atoms with Crippen molar-refractivity contribution in [3.63, 3.8) is 0 Å². The Hall–Kier alpha value is -0.540. The number of hydrogen-bond acceptors (Lipinski definition) is 1. The van der Waals surface area contributed by atoms with Gasteiger partial charge in [-0.1, -0.05) is 37.0 Å². The Labute approximate surface area is 90.2 Å². The summed E-state index contributed by atoms with van der Waals surface area (Å²) in [6.45, 7) is 6.63. The van der Waals surface area contributed by atoms with Gasteiger partial charge < -0.3 is 4.90 Å². The van der Waals surface area contributed by atoms with Crippen molar-refractivity contribution in [3.8, 4) is 0 Å². The summed E-state index contributed by atoms with van der Waals surface area (Å²) < 4.78 is 0.639. The van der Waals surface area contributed by atoms with Crippen molar-refractivity contribution in [1.29, 1.82) is 0 Å². The minimum atomic E-state index is 0.639. The van der Waals surface area contributed by atoms with E-state index in [9.17, 15) is 0 Å². The maximum atomic E-state index is 5.03. The lowest BCUT2D eigenvalue weighted by molar-refractivity contribution is 0.610. The Morgan fingerprint density at radius 3 is 2.85 bits per heavy atom. The largest absolute Gasteiger partial charge is 0.327 e. The molecule has 0 aromatic rings. The number of rotatable bonds is 1. The van der Waals surface area contributed by atoms with E-state index in [1.165, 1.54) is 11.3 Å². The van der Waals surface area contributed by atoms with Crippen LogP contribution in [0.4, 0.5) is 0 Å². The highest BCUT2D eigenvalue weighted by molar-refractivity contribution is 8.10. The van der Waals surface area contributed by atoms with Crippen molar-refractivity contribution in [1.82, 2.24) is 4.90 Å². The molecule has 0 aromatic heterocycles. The van der Waals surface area contributed by atoms with Crippen LogP contribution in [0, 0.1) is 0 Å². The van der Waals surface area contributed by atoms with Crippen LogP contribution in [0.3, 0.4) is 0 Å². The average Bonchev–Trinajstić information content (AvgIpc) is 2.48. The van der Waals surface area contributed by atoms with Crippen molar-refractivity contribution in [2.75, 3.05) is 6.54 Å². The number of nitrogens with zero attached hydrogens (tertiary/aromatic N) is 1. The average molecular weight is 211 g/mol. The smallest absolute Gasteiger partial charge is 0.137 e. The Morgan fingerprint density at radius 1 is 1.69 bits per heavy atom. The topological polar surface area (TPSA) is 3.24 Å². The first-order valence-electron chi connectivity index (χ1n) is 4.19. The zero-order valence-corrected chi connectivity index (χ0v) is 9.37. The molecule has 1 nitrogen and oxygen atoms in total. The van der Waals surface area contributed by atoms with Crippen molar-refractivity contribution in [3.05, 3.63) is 36.1 Å². The summed E-state index contributed by atoms with van der Waals surface area (Å²) in [6, 6.07) is 0. The van der Waals surface area contributed by atoms with E-state index in [4.69, 9.17) is 12.2 Å². The van der Waals surface area contributed by atoms with Gasteiger partial charge in [-0.05, 0) is 18.9 Å². The number of thiocarbonyl (C=S) groups is 1. The van der Waals surface area contributed by atoms with Gasteiger partial charge in [-0.25, -0.2) is 0 Å². The van der Waals surface area contributed by atoms with Crippen LogP contribution >= 0.6 is 24.8 Å². The third-order valence-corrected chi connectivity index (χ3v) is 2.51. The minimum Gasteiger partial charge on any atom is -0.327 e. The predicted molar refractivity (Wildman–Crippen MR) is 64.9 cm³/mol. The molecule has 0 aliphatic carbocycles. The van der Waals surface area contributed by atoms with Crippen LogP contribution in [-0.2, 0) is 0 Å². The molecule has 1 aliphatic rings. The molecule has 0 N–H and O–H groups in total. The molecule has 0 radical (unpaired) electrons. The number of hydrogen-bond donors (Lipinski definition) is 1. The normalized spacial score (nSPS) is 22.8. The van der Waals surface area contributed by atoms with Crippen LogP contribution in [0.25, 0.3) is 0 Å². The molecule has 13 heavy (non-hydrogen) atoms. The molecule has 1 aliphatic heterocycles. The van der Waals surface area contributed by atoms with Gasteiger partial charge in [0.1, 0.15) is 4.32 Å². The maximum absolute atomic E-state index is 5.03. The summed E-state index contributed by atoms with van der Waals surface area (Å²) >= 11 is 9.21. The molecule has 0 unspecified atom stereocenters. The summed E-state index contributed by atoms with van der Waals surface area (Å²) in [4.78, 5) is 2.04. The van der Waals surface area contributed by atoms with Crippen LogP contribution in [0.1, 0.15) is 13.3 Å². The van der Waals surface area contributed by atoms with E-state index in [-0.39, 0.29) is 0 Å². The van der Waals surface area contributed by atoms with E-state index >= 15 is 0 Å². The highest BCUT2D eigenvalue weighted by atomic mass is 32.1. The molecule has 0 aromatic carbocycles. The summed E-state index contributed by atoms with van der Waals surface area (Å²) in [6.07, 6.45) is 6.92. The zero-order chi connectivity index (χ0) is 9.84. The van der Waals surface area contributed by atoms with Gasteiger partial charge in [-0.15, -0.1) is 12.6 Å². The second kappa shape index (κ2) is 4.63. The summed E-state index contributed by atoms with van der Waals surface area (Å²) in [5.74, 6) is 0. The lowest BCUT2D eigenvalue weighted by Gasteiger charge is -2.16. The molecular formula is C10H13NS2. The fourth-order valence-electron chi connectivity index (χ4n) is 1.51. The molecule has 1 saturated heterocycles. The molecule has 0 atom stereocenters. The Balaban J connectivity index is 2.94. The Bertz CT molecular complexity index is 289. The molecular weight excluding hydrogens is 198 g/mol. The number of thiol groups is 1. The molecule has 1 heterocycles. The van der Waals surface area contributed by atoms with Crippen molar-refractivity contribution in [2.45, 2.75) is 13.3 Å². The predicted octanol–water partition coefficient (Wildman–Crippen LogP) is 2.92. The fraction of sp³-hybridized carbons (Fsp3) is 0.300. The molecule has 70 valence electrons. The Morgan fingerprint density at radius 2 is 2.38 bits per heavy atom. The van der Waals surface area contributed by atoms with Gasteiger partial charge in [0.2, 0.25) is 0 Å². The van der Waals surface area contributed by atoms with E-state index in [0.29, 0.717) is 4.32 Å². The highest BCUT2D eigenvalue weighted by Gasteiger charge is 2.22. The highest BCUT2D eigenvalue weighted by Crippen LogP contribution is 2.28. The van der Waals surface area contributed by atoms with E-state index in [1.54, 1.807) is 0 Å². The van der Waals surface area contributed by atoms with Crippen LogP contribution in [0.5, 0.6) is 0 Å². The van der Waals surface area contributed by atoms with Gasteiger partial charge in [0.25, 0.3) is 0 Å². The standard InChI is InChI=1S/C10H13NS2/c1-3-5-8-6-7-11(10(12)13)9(8)4-2/h3-5H,1,6-7H2,2H3,(H,12,13)/b8-5-,9-4+. The van der Waals surface area contributed by atoms with Crippen molar-refractivity contribution < 1.29 is 0 Å². The van der Waals surface area contributed by atoms with Gasteiger partial charge in [0.05, 0.1) is 0 Å². The van der Waals surface area contributed by atoms with E-state index < -0.39 is 0 Å². The van der Waals surface area contributed by atoms with E-state index in [1.807, 2.05) is 24.0 Å². The van der Waals surface area contributed by atoms with Gasteiger partial charge >= 0.3 is 0 Å². The lowest BCUT2D eigenvalue weighted by atomic mass is 10.1. The van der Waals surface area contributed by atoms with Gasteiger partial charge in [-0.2, -0.15) is 0 Å². The van der Waals surface area contributed by atoms with Crippen molar-refractivity contribution in [2.24, 2.45) is 0 Å². The zero-order valence-electron chi connectivity index (χ0n) is 7.66. The summed E-state index contributed by atoms with van der Waals surface area (Å²) in [7, 11) is 0. The molecule has 0 amide bonds. The monoisotopic (exact) mass is 211 g/mol. The van der Waals surface area contributed by atoms with Gasteiger partial charge in [0, 0.05) is 12.2 Å². The van der Waals surface area contributed by atoms with E-state index in [0.717, 1.165) is 13.0 Å². The second-order valence-corrected chi connectivity index (χ2v) is 3.90. The van der Waals surface area contributed by atoms with Crippen LogP contribution in [0.15, 0.2) is 36.1 Å². The van der Waals surface area contributed by atoms with Gasteiger partial charge in [0.15, 0.2) is 0 Å². The second-order valence-electron chi connectivity index (χ2n) is 2.79. The van der Waals surface area contributed by atoms with Gasteiger partial charge in [-0.3, -0.25) is 0 Å². The molecule has 1 fully saturated rings. The first-order chi connectivity index (χ1) is 6.20. The number of likely N-dealkylation sites (tertiary alicyclic amines) is 1. The van der Waals surface area contributed by atoms with E-state index in [2.05, 4.69) is 25.3 Å². The molecule has 0 saturated carbocycles. The number of allylic oxidation sites excluding steroid dienone is 4. The first kappa shape index (κ1) is 10.5. The van der Waals surface area contributed by atoms with Crippen LogP contribution in [-0.4, -0.2) is 15.8 Å². The van der Waals surface area contributed by atoms with Crippen LogP contribution in [0.2, 0.25) is 0 Å². The first-order valence-corrected chi connectivity index (χ1v) is 5.05. The molecule has 1 rings (SSSR count). The molecule has 0 bridgehead atoms. The third kappa shape index (κ3) is 2.23. The lowest BCUT2D eigenvalue weighted by Crippen LogP contribution is -2.19. The third-order valence-electron chi connectivity index (χ3n) is 2.05. The van der Waals surface area contributed by atoms with Crippen LogP contribution < -0.4 is 0 Å². The quantitative estimate of drug-likeness (QED) is 0.525. The fourth-order valence-corrected chi connectivity index (χ4v) is 1.90. The minimum absolute atomic E-state index is 0.639. The molecule has 0 spiro atoms. The maximum Gasteiger partial charge on any atom is 0.137 e. The molecule has 3 heteroatoms. The summed E-state index contributed by atoms with van der Waals surface area (Å²) in [5, 5.41) is 0. The SMILES string of the molecule is C=C/C=C1/CCN(C(=S)S)/C1=C/C.